The Balaban J connectivity index is 2.71. The number of hydrogen-bond acceptors (Lipinski definition) is 3. The molecule has 0 fully saturated rings. The van der Waals surface area contributed by atoms with Crippen molar-refractivity contribution in [2.24, 2.45) is 5.92 Å². The van der Waals surface area contributed by atoms with Crippen molar-refractivity contribution in [1.82, 2.24) is 5.32 Å². The maximum atomic E-state index is 5.46. The predicted octanol–water partition coefficient (Wildman–Crippen LogP) is 3.64. The third kappa shape index (κ3) is 5.03. The van der Waals surface area contributed by atoms with Crippen LogP contribution in [-0.4, -0.2) is 27.8 Å². The summed E-state index contributed by atoms with van der Waals surface area (Å²) in [7, 11) is 5.37. The van der Waals surface area contributed by atoms with Crippen LogP contribution >= 0.6 is 15.9 Å². The minimum absolute atomic E-state index is 0.700. The van der Waals surface area contributed by atoms with Crippen LogP contribution in [0.3, 0.4) is 0 Å². The van der Waals surface area contributed by atoms with E-state index in [9.17, 15) is 0 Å². The van der Waals surface area contributed by atoms with E-state index in [1.165, 1.54) is 12.0 Å². The van der Waals surface area contributed by atoms with Gasteiger partial charge in [-0.25, -0.2) is 0 Å². The molecule has 0 heterocycles. The molecule has 0 saturated heterocycles. The fourth-order valence-corrected chi connectivity index (χ4v) is 2.68. The van der Waals surface area contributed by atoms with Gasteiger partial charge in [-0.1, -0.05) is 22.9 Å². The Morgan fingerprint density at radius 1 is 1.21 bits per heavy atom. The number of ether oxygens (including phenoxy) is 2. The molecule has 0 aromatic heterocycles. The molecule has 1 aromatic carbocycles. The molecule has 1 rings (SSSR count). The standard InChI is InChI=1S/C15H24BrNO2/c1-11(7-8-17-2)5-6-13-14(16)9-12(18-3)10-15(13)19-4/h9-11,17H,5-8H2,1-4H3. The highest BCUT2D eigenvalue weighted by Crippen LogP contribution is 2.34. The summed E-state index contributed by atoms with van der Waals surface area (Å²) in [5.41, 5.74) is 1.22. The first-order valence-corrected chi connectivity index (χ1v) is 7.46. The second-order valence-corrected chi connectivity index (χ2v) is 5.68. The Labute approximate surface area is 124 Å². The summed E-state index contributed by atoms with van der Waals surface area (Å²) in [6, 6.07) is 3.94. The summed E-state index contributed by atoms with van der Waals surface area (Å²) in [5, 5.41) is 3.20. The highest BCUT2D eigenvalue weighted by Gasteiger charge is 2.12. The van der Waals surface area contributed by atoms with E-state index in [0.29, 0.717) is 5.92 Å². The normalized spacial score (nSPS) is 12.3. The Kier molecular flexibility index (Phi) is 7.24. The van der Waals surface area contributed by atoms with Crippen LogP contribution < -0.4 is 14.8 Å². The highest BCUT2D eigenvalue weighted by atomic mass is 79.9. The molecular weight excluding hydrogens is 306 g/mol. The maximum Gasteiger partial charge on any atom is 0.126 e. The second-order valence-electron chi connectivity index (χ2n) is 4.83. The first-order chi connectivity index (χ1) is 9.12. The van der Waals surface area contributed by atoms with Gasteiger partial charge in [-0.05, 0) is 44.8 Å². The SMILES string of the molecule is CNCCC(C)CCc1c(Br)cc(OC)cc1OC. The quantitative estimate of drug-likeness (QED) is 0.789. The first-order valence-electron chi connectivity index (χ1n) is 6.67. The van der Waals surface area contributed by atoms with E-state index in [2.05, 4.69) is 28.2 Å². The van der Waals surface area contributed by atoms with Crippen LogP contribution in [0.4, 0.5) is 0 Å². The van der Waals surface area contributed by atoms with E-state index >= 15 is 0 Å². The van der Waals surface area contributed by atoms with E-state index in [1.807, 2.05) is 19.2 Å². The molecule has 0 amide bonds. The summed E-state index contributed by atoms with van der Waals surface area (Å²) in [5.74, 6) is 2.41. The van der Waals surface area contributed by atoms with Crippen LogP contribution in [0.25, 0.3) is 0 Å². The Bertz CT molecular complexity index is 396. The monoisotopic (exact) mass is 329 g/mol. The molecule has 19 heavy (non-hydrogen) atoms. The number of benzene rings is 1. The molecule has 0 bridgehead atoms. The van der Waals surface area contributed by atoms with Crippen molar-refractivity contribution in [2.45, 2.75) is 26.2 Å². The van der Waals surface area contributed by atoms with Gasteiger partial charge in [0.15, 0.2) is 0 Å². The van der Waals surface area contributed by atoms with Crippen LogP contribution in [0, 0.1) is 5.92 Å². The third-order valence-electron chi connectivity index (χ3n) is 3.36. The Morgan fingerprint density at radius 3 is 2.53 bits per heavy atom. The van der Waals surface area contributed by atoms with E-state index in [-0.39, 0.29) is 0 Å². The average Bonchev–Trinajstić information content (AvgIpc) is 2.42. The van der Waals surface area contributed by atoms with Crippen LogP contribution in [-0.2, 0) is 6.42 Å². The molecule has 0 aliphatic heterocycles. The molecule has 0 aliphatic carbocycles. The van der Waals surface area contributed by atoms with Gasteiger partial charge in [0.25, 0.3) is 0 Å². The zero-order valence-electron chi connectivity index (χ0n) is 12.3. The fourth-order valence-electron chi connectivity index (χ4n) is 2.06. The van der Waals surface area contributed by atoms with Crippen molar-refractivity contribution in [2.75, 3.05) is 27.8 Å². The van der Waals surface area contributed by atoms with Gasteiger partial charge in [-0.15, -0.1) is 0 Å². The van der Waals surface area contributed by atoms with Crippen molar-refractivity contribution < 1.29 is 9.47 Å². The molecule has 1 aromatic rings. The molecular formula is C15H24BrNO2. The van der Waals surface area contributed by atoms with Gasteiger partial charge in [-0.3, -0.25) is 0 Å². The van der Waals surface area contributed by atoms with Crippen molar-refractivity contribution in [1.29, 1.82) is 0 Å². The number of methoxy groups -OCH3 is 2. The highest BCUT2D eigenvalue weighted by molar-refractivity contribution is 9.10. The second kappa shape index (κ2) is 8.43. The molecule has 3 nitrogen and oxygen atoms in total. The van der Waals surface area contributed by atoms with E-state index in [4.69, 9.17) is 9.47 Å². The van der Waals surface area contributed by atoms with Crippen LogP contribution in [0.5, 0.6) is 11.5 Å². The zero-order valence-corrected chi connectivity index (χ0v) is 13.8. The average molecular weight is 330 g/mol. The van der Waals surface area contributed by atoms with Crippen LogP contribution in [0.15, 0.2) is 16.6 Å². The topological polar surface area (TPSA) is 30.5 Å². The molecule has 4 heteroatoms. The van der Waals surface area contributed by atoms with Gasteiger partial charge >= 0.3 is 0 Å². The minimum atomic E-state index is 0.700. The molecule has 1 atom stereocenters. The van der Waals surface area contributed by atoms with Gasteiger partial charge in [0.1, 0.15) is 11.5 Å². The lowest BCUT2D eigenvalue weighted by Crippen LogP contribution is -2.12. The molecule has 1 unspecified atom stereocenters. The van der Waals surface area contributed by atoms with Crippen LogP contribution in [0.2, 0.25) is 0 Å². The Hall–Kier alpha value is -0.740. The lowest BCUT2D eigenvalue weighted by Gasteiger charge is -2.15. The number of rotatable bonds is 8. The van der Waals surface area contributed by atoms with Crippen molar-refractivity contribution in [3.05, 3.63) is 22.2 Å². The number of halogens is 1. The summed E-state index contributed by atoms with van der Waals surface area (Å²) in [4.78, 5) is 0. The molecule has 1 N–H and O–H groups in total. The lowest BCUT2D eigenvalue weighted by atomic mass is 9.97. The molecule has 0 saturated carbocycles. The largest absolute Gasteiger partial charge is 0.497 e. The smallest absolute Gasteiger partial charge is 0.126 e. The summed E-state index contributed by atoms with van der Waals surface area (Å²) in [6.45, 7) is 3.36. The summed E-state index contributed by atoms with van der Waals surface area (Å²) >= 11 is 3.61. The first kappa shape index (κ1) is 16.3. The fraction of sp³-hybridized carbons (Fsp3) is 0.600. The molecule has 108 valence electrons. The van der Waals surface area contributed by atoms with Gasteiger partial charge in [0.2, 0.25) is 0 Å². The van der Waals surface area contributed by atoms with E-state index < -0.39 is 0 Å². The summed E-state index contributed by atoms with van der Waals surface area (Å²) < 4.78 is 11.8. The number of hydrogen-bond donors (Lipinski definition) is 1. The van der Waals surface area contributed by atoms with Crippen molar-refractivity contribution in [3.63, 3.8) is 0 Å². The Morgan fingerprint density at radius 2 is 1.95 bits per heavy atom. The summed E-state index contributed by atoms with van der Waals surface area (Å²) in [6.07, 6.45) is 3.37. The van der Waals surface area contributed by atoms with Gasteiger partial charge in [0, 0.05) is 16.1 Å². The number of nitrogens with one attached hydrogen (secondary N) is 1. The van der Waals surface area contributed by atoms with Gasteiger partial charge < -0.3 is 14.8 Å². The maximum absolute atomic E-state index is 5.46. The van der Waals surface area contributed by atoms with E-state index in [0.717, 1.165) is 35.4 Å². The molecule has 0 spiro atoms. The predicted molar refractivity (Wildman–Crippen MR) is 83.3 cm³/mol. The van der Waals surface area contributed by atoms with Crippen molar-refractivity contribution in [3.8, 4) is 11.5 Å². The van der Waals surface area contributed by atoms with E-state index in [1.54, 1.807) is 14.2 Å². The third-order valence-corrected chi connectivity index (χ3v) is 4.07. The molecule has 0 radical (unpaired) electrons. The van der Waals surface area contributed by atoms with Gasteiger partial charge in [-0.2, -0.15) is 0 Å². The molecule has 0 aliphatic rings. The van der Waals surface area contributed by atoms with Crippen LogP contribution in [0.1, 0.15) is 25.3 Å². The lowest BCUT2D eigenvalue weighted by molar-refractivity contribution is 0.388. The minimum Gasteiger partial charge on any atom is -0.497 e. The van der Waals surface area contributed by atoms with Crippen molar-refractivity contribution >= 4 is 15.9 Å². The van der Waals surface area contributed by atoms with Gasteiger partial charge in [0.05, 0.1) is 14.2 Å². The zero-order chi connectivity index (χ0) is 14.3.